The lowest BCUT2D eigenvalue weighted by atomic mass is 9.97. The Balaban J connectivity index is 1.60. The zero-order valence-electron chi connectivity index (χ0n) is 18.5. The van der Waals surface area contributed by atoms with Crippen LogP contribution in [0, 0.1) is 6.92 Å². The summed E-state index contributed by atoms with van der Waals surface area (Å²) in [6.45, 7) is 15.0. The Morgan fingerprint density at radius 3 is 2.62 bits per heavy atom. The number of hydrogen-bond donors (Lipinski definition) is 1. The molecule has 0 amide bonds. The molecule has 0 radical (unpaired) electrons. The van der Waals surface area contributed by atoms with E-state index in [2.05, 4.69) is 57.0 Å². The van der Waals surface area contributed by atoms with E-state index in [-0.39, 0.29) is 12.2 Å². The van der Waals surface area contributed by atoms with Crippen LogP contribution in [0.25, 0.3) is 10.9 Å². The summed E-state index contributed by atoms with van der Waals surface area (Å²) in [5.41, 5.74) is 4.63. The monoisotopic (exact) mass is 397 g/mol. The lowest BCUT2D eigenvalue weighted by molar-refractivity contribution is 0.0338. The van der Waals surface area contributed by atoms with Crippen molar-refractivity contribution in [1.82, 2.24) is 9.88 Å². The SMILES string of the molecule is Cc1cc2c3c(c(NC(C)C)nc2cc1OCCCN1CCCC1)C(C)OC3C. The predicted molar refractivity (Wildman–Crippen MR) is 119 cm³/mol. The van der Waals surface area contributed by atoms with Crippen LogP contribution in [0.15, 0.2) is 12.1 Å². The van der Waals surface area contributed by atoms with Gasteiger partial charge in [0.2, 0.25) is 0 Å². The molecule has 0 aliphatic carbocycles. The topological polar surface area (TPSA) is 46.6 Å². The van der Waals surface area contributed by atoms with Gasteiger partial charge in [0.05, 0.1) is 24.3 Å². The van der Waals surface area contributed by atoms with Crippen molar-refractivity contribution in [2.45, 2.75) is 72.1 Å². The highest BCUT2D eigenvalue weighted by atomic mass is 16.5. The highest BCUT2D eigenvalue weighted by molar-refractivity contribution is 5.89. The molecule has 3 heterocycles. The van der Waals surface area contributed by atoms with Gasteiger partial charge in [-0.2, -0.15) is 0 Å². The largest absolute Gasteiger partial charge is 0.493 e. The molecule has 5 nitrogen and oxygen atoms in total. The van der Waals surface area contributed by atoms with E-state index in [0.717, 1.165) is 36.7 Å². The summed E-state index contributed by atoms with van der Waals surface area (Å²) in [6, 6.07) is 4.66. The average molecular weight is 398 g/mol. The summed E-state index contributed by atoms with van der Waals surface area (Å²) >= 11 is 0. The Hall–Kier alpha value is -1.85. The summed E-state index contributed by atoms with van der Waals surface area (Å²) in [7, 11) is 0. The third kappa shape index (κ3) is 4.22. The van der Waals surface area contributed by atoms with Gasteiger partial charge in [-0.15, -0.1) is 0 Å². The number of likely N-dealkylation sites (tertiary alicyclic amines) is 1. The molecule has 1 saturated heterocycles. The lowest BCUT2D eigenvalue weighted by Crippen LogP contribution is -2.22. The van der Waals surface area contributed by atoms with Crippen molar-refractivity contribution in [1.29, 1.82) is 0 Å². The molecule has 1 aromatic carbocycles. The van der Waals surface area contributed by atoms with Crippen LogP contribution in [0.3, 0.4) is 0 Å². The molecule has 2 aliphatic rings. The maximum atomic E-state index is 6.17. The smallest absolute Gasteiger partial charge is 0.133 e. The number of ether oxygens (including phenoxy) is 2. The maximum Gasteiger partial charge on any atom is 0.133 e. The number of anilines is 1. The Bertz CT molecular complexity index is 874. The predicted octanol–water partition coefficient (Wildman–Crippen LogP) is 5.38. The molecular weight excluding hydrogens is 362 g/mol. The first-order valence-corrected chi connectivity index (χ1v) is 11.2. The number of aromatic nitrogens is 1. The Morgan fingerprint density at radius 2 is 1.90 bits per heavy atom. The van der Waals surface area contributed by atoms with Gasteiger partial charge >= 0.3 is 0 Å². The highest BCUT2D eigenvalue weighted by Crippen LogP contribution is 2.46. The fraction of sp³-hybridized carbons (Fsp3) is 0.625. The zero-order valence-corrected chi connectivity index (χ0v) is 18.5. The number of rotatable bonds is 7. The van der Waals surface area contributed by atoms with Gasteiger partial charge in [0.1, 0.15) is 11.6 Å². The summed E-state index contributed by atoms with van der Waals surface area (Å²) in [5, 5.41) is 4.72. The normalized spacial score (nSPS) is 21.9. The van der Waals surface area contributed by atoms with Crippen LogP contribution in [0.1, 0.15) is 75.9 Å². The highest BCUT2D eigenvalue weighted by Gasteiger charge is 2.32. The molecule has 4 rings (SSSR count). The first-order chi connectivity index (χ1) is 13.9. The fourth-order valence-corrected chi connectivity index (χ4v) is 4.75. The van der Waals surface area contributed by atoms with E-state index in [1.165, 1.54) is 48.0 Å². The van der Waals surface area contributed by atoms with E-state index in [4.69, 9.17) is 14.5 Å². The van der Waals surface area contributed by atoms with Gasteiger partial charge in [0, 0.05) is 29.6 Å². The van der Waals surface area contributed by atoms with Crippen molar-refractivity contribution >= 4 is 16.7 Å². The molecule has 1 aromatic heterocycles. The first kappa shape index (κ1) is 20.4. The van der Waals surface area contributed by atoms with Crippen molar-refractivity contribution in [2.24, 2.45) is 0 Å². The number of nitrogens with one attached hydrogen (secondary N) is 1. The summed E-state index contributed by atoms with van der Waals surface area (Å²) < 4.78 is 12.3. The molecule has 2 aliphatic heterocycles. The Morgan fingerprint density at radius 1 is 1.17 bits per heavy atom. The minimum atomic E-state index is 0.0555. The minimum absolute atomic E-state index is 0.0555. The van der Waals surface area contributed by atoms with E-state index in [0.29, 0.717) is 6.04 Å². The number of fused-ring (bicyclic) bond motifs is 3. The van der Waals surface area contributed by atoms with E-state index in [9.17, 15) is 0 Å². The molecule has 2 aromatic rings. The number of aryl methyl sites for hydroxylation is 1. The van der Waals surface area contributed by atoms with Crippen LogP contribution in [-0.2, 0) is 4.74 Å². The van der Waals surface area contributed by atoms with Crippen LogP contribution in [0.4, 0.5) is 5.82 Å². The molecule has 29 heavy (non-hydrogen) atoms. The molecular formula is C24H35N3O2. The van der Waals surface area contributed by atoms with Gasteiger partial charge < -0.3 is 19.7 Å². The number of benzene rings is 1. The van der Waals surface area contributed by atoms with E-state index in [1.54, 1.807) is 0 Å². The van der Waals surface area contributed by atoms with Crippen molar-refractivity contribution < 1.29 is 9.47 Å². The fourth-order valence-electron chi connectivity index (χ4n) is 4.75. The maximum absolute atomic E-state index is 6.17. The van der Waals surface area contributed by atoms with Crippen LogP contribution < -0.4 is 10.1 Å². The van der Waals surface area contributed by atoms with Crippen LogP contribution in [-0.4, -0.2) is 42.2 Å². The van der Waals surface area contributed by atoms with Crippen LogP contribution in [0.2, 0.25) is 0 Å². The van der Waals surface area contributed by atoms with Crippen molar-refractivity contribution in [3.05, 3.63) is 28.8 Å². The Labute approximate surface area is 174 Å². The van der Waals surface area contributed by atoms with Crippen molar-refractivity contribution in [3.8, 4) is 5.75 Å². The molecule has 5 heteroatoms. The molecule has 2 unspecified atom stereocenters. The summed E-state index contributed by atoms with van der Waals surface area (Å²) in [6.07, 6.45) is 3.88. The Kier molecular flexibility index (Phi) is 5.98. The van der Waals surface area contributed by atoms with Gasteiger partial charge in [-0.1, -0.05) is 0 Å². The van der Waals surface area contributed by atoms with Crippen molar-refractivity contribution in [3.63, 3.8) is 0 Å². The minimum Gasteiger partial charge on any atom is -0.493 e. The number of hydrogen-bond acceptors (Lipinski definition) is 5. The van der Waals surface area contributed by atoms with Gasteiger partial charge in [0.25, 0.3) is 0 Å². The van der Waals surface area contributed by atoms with E-state index >= 15 is 0 Å². The van der Waals surface area contributed by atoms with Crippen LogP contribution in [0.5, 0.6) is 5.75 Å². The quantitative estimate of drug-likeness (QED) is 0.636. The zero-order chi connectivity index (χ0) is 20.5. The first-order valence-electron chi connectivity index (χ1n) is 11.2. The lowest BCUT2D eigenvalue weighted by Gasteiger charge is -2.18. The van der Waals surface area contributed by atoms with Crippen LogP contribution >= 0.6 is 0 Å². The summed E-state index contributed by atoms with van der Waals surface area (Å²) in [4.78, 5) is 7.52. The van der Waals surface area contributed by atoms with Gasteiger partial charge in [-0.3, -0.25) is 0 Å². The molecule has 158 valence electrons. The number of nitrogens with zero attached hydrogens (tertiary/aromatic N) is 2. The molecule has 1 N–H and O–H groups in total. The molecule has 0 spiro atoms. The second-order valence-corrected chi connectivity index (χ2v) is 8.89. The molecule has 0 bridgehead atoms. The average Bonchev–Trinajstić information content (AvgIpc) is 3.27. The second-order valence-electron chi connectivity index (χ2n) is 8.89. The third-order valence-corrected chi connectivity index (χ3v) is 6.08. The molecule has 1 fully saturated rings. The van der Waals surface area contributed by atoms with Gasteiger partial charge in [-0.05, 0) is 84.2 Å². The summed E-state index contributed by atoms with van der Waals surface area (Å²) in [5.74, 6) is 1.89. The molecule has 0 saturated carbocycles. The van der Waals surface area contributed by atoms with Gasteiger partial charge in [-0.25, -0.2) is 4.98 Å². The molecule has 2 atom stereocenters. The van der Waals surface area contributed by atoms with Crippen molar-refractivity contribution in [2.75, 3.05) is 31.6 Å². The third-order valence-electron chi connectivity index (χ3n) is 6.08. The standard InChI is InChI=1S/C24H35N3O2/c1-15(2)25-24-23-18(5)29-17(4)22(23)19-13-16(3)21(14-20(19)26-24)28-12-8-11-27-9-6-7-10-27/h13-15,17-18H,6-12H2,1-5H3,(H,25,26). The number of pyridine rings is 1. The van der Waals surface area contributed by atoms with Gasteiger partial charge in [0.15, 0.2) is 0 Å². The van der Waals surface area contributed by atoms with E-state index < -0.39 is 0 Å². The van der Waals surface area contributed by atoms with E-state index in [1.807, 2.05) is 0 Å². The second kappa shape index (κ2) is 8.49.